The van der Waals surface area contributed by atoms with Crippen molar-refractivity contribution < 1.29 is 4.79 Å². The molecule has 1 aromatic heterocycles. The van der Waals surface area contributed by atoms with Crippen molar-refractivity contribution in [1.29, 1.82) is 0 Å². The molecule has 0 fully saturated rings. The molecule has 0 atom stereocenters. The van der Waals surface area contributed by atoms with Crippen LogP contribution >= 0.6 is 0 Å². The third-order valence-electron chi connectivity index (χ3n) is 4.50. The van der Waals surface area contributed by atoms with Gasteiger partial charge in [-0.1, -0.05) is 36.4 Å². The summed E-state index contributed by atoms with van der Waals surface area (Å²) in [6, 6.07) is 19.0. The molecule has 0 saturated heterocycles. The van der Waals surface area contributed by atoms with Gasteiger partial charge in [-0.15, -0.1) is 0 Å². The average molecular weight is 349 g/mol. The lowest BCUT2D eigenvalue weighted by molar-refractivity contribution is 0.190. The Bertz CT molecular complexity index is 939. The van der Waals surface area contributed by atoms with Crippen LogP contribution in [0.2, 0.25) is 0 Å². The molecule has 7 nitrogen and oxygen atoms in total. The van der Waals surface area contributed by atoms with Crippen LogP contribution in [0.25, 0.3) is 0 Å². The first-order chi connectivity index (χ1) is 12.6. The van der Waals surface area contributed by atoms with Crippen molar-refractivity contribution in [3.05, 3.63) is 77.0 Å². The Morgan fingerprint density at radius 2 is 1.54 bits per heavy atom. The highest BCUT2D eigenvalue weighted by atomic mass is 16.2. The monoisotopic (exact) mass is 349 g/mol. The summed E-state index contributed by atoms with van der Waals surface area (Å²) in [6.07, 6.45) is 0. The second kappa shape index (κ2) is 6.51. The summed E-state index contributed by atoms with van der Waals surface area (Å²) in [5, 5.41) is 4.24. The highest BCUT2D eigenvalue weighted by Crippen LogP contribution is 2.27. The number of urea groups is 1. The zero-order valence-corrected chi connectivity index (χ0v) is 14.4. The molecule has 0 aliphatic carbocycles. The Labute approximate surface area is 150 Å². The maximum absolute atomic E-state index is 13.3. The zero-order valence-electron chi connectivity index (χ0n) is 14.4. The van der Waals surface area contributed by atoms with E-state index in [0.29, 0.717) is 25.5 Å². The molecule has 26 heavy (non-hydrogen) atoms. The normalized spacial score (nSPS) is 13.3. The summed E-state index contributed by atoms with van der Waals surface area (Å²) in [6.45, 7) is 1.23. The van der Waals surface area contributed by atoms with Crippen molar-refractivity contribution in [2.45, 2.75) is 13.1 Å². The van der Waals surface area contributed by atoms with E-state index in [9.17, 15) is 9.59 Å². The van der Waals surface area contributed by atoms with Crippen LogP contribution in [0.15, 0.2) is 65.5 Å². The van der Waals surface area contributed by atoms with Crippen molar-refractivity contribution in [2.24, 2.45) is 7.05 Å². The van der Waals surface area contributed by atoms with Crippen LogP contribution in [0.1, 0.15) is 5.82 Å². The summed E-state index contributed by atoms with van der Waals surface area (Å²) < 4.78 is 2.94. The Morgan fingerprint density at radius 3 is 2.12 bits per heavy atom. The van der Waals surface area contributed by atoms with E-state index in [0.717, 1.165) is 11.4 Å². The van der Waals surface area contributed by atoms with Gasteiger partial charge in [-0.3, -0.25) is 9.47 Å². The molecule has 1 aliphatic rings. The van der Waals surface area contributed by atoms with Crippen LogP contribution < -0.4 is 10.6 Å². The number of amides is 2. The number of para-hydroxylation sites is 2. The fourth-order valence-corrected chi connectivity index (χ4v) is 3.20. The molecule has 2 amide bonds. The highest BCUT2D eigenvalue weighted by Gasteiger charge is 2.29. The van der Waals surface area contributed by atoms with Gasteiger partial charge in [0.1, 0.15) is 0 Å². The lowest BCUT2D eigenvalue weighted by Crippen LogP contribution is -2.46. The number of hydrogen-bond acceptors (Lipinski definition) is 3. The quantitative estimate of drug-likeness (QED) is 0.713. The molecular formula is C19H19N5O2. The van der Waals surface area contributed by atoms with E-state index in [1.54, 1.807) is 21.4 Å². The van der Waals surface area contributed by atoms with Crippen LogP contribution in [0.3, 0.4) is 0 Å². The number of fused-ring (bicyclic) bond motifs is 1. The van der Waals surface area contributed by atoms with E-state index >= 15 is 0 Å². The molecule has 3 aromatic rings. The van der Waals surface area contributed by atoms with Crippen LogP contribution in [-0.2, 0) is 20.1 Å². The molecule has 4 rings (SSSR count). The van der Waals surface area contributed by atoms with E-state index < -0.39 is 0 Å². The minimum absolute atomic E-state index is 0.133. The van der Waals surface area contributed by atoms with Gasteiger partial charge in [-0.2, -0.15) is 5.10 Å². The number of anilines is 2. The molecule has 7 heteroatoms. The molecule has 0 unspecified atom stereocenters. The van der Waals surface area contributed by atoms with Gasteiger partial charge in [0, 0.05) is 20.1 Å². The van der Waals surface area contributed by atoms with E-state index in [2.05, 4.69) is 5.10 Å². The van der Waals surface area contributed by atoms with Gasteiger partial charge in [-0.25, -0.2) is 14.3 Å². The number of rotatable bonds is 2. The minimum Gasteiger partial charge on any atom is -0.315 e. The lowest BCUT2D eigenvalue weighted by atomic mass is 10.2. The van der Waals surface area contributed by atoms with Gasteiger partial charge in [0.2, 0.25) is 0 Å². The Balaban J connectivity index is 1.68. The van der Waals surface area contributed by atoms with Crippen molar-refractivity contribution in [3.8, 4) is 0 Å². The number of aromatic nitrogens is 3. The number of aryl methyl sites for hydroxylation is 1. The summed E-state index contributed by atoms with van der Waals surface area (Å²) in [4.78, 5) is 28.8. The molecule has 132 valence electrons. The summed E-state index contributed by atoms with van der Waals surface area (Å²) in [5.74, 6) is 0.609. The van der Waals surface area contributed by atoms with Crippen molar-refractivity contribution in [3.63, 3.8) is 0 Å². The molecule has 2 heterocycles. The maximum Gasteiger partial charge on any atom is 0.345 e. The maximum atomic E-state index is 13.3. The van der Waals surface area contributed by atoms with Crippen LogP contribution in [0.4, 0.5) is 16.2 Å². The van der Waals surface area contributed by atoms with Gasteiger partial charge in [0.05, 0.1) is 17.9 Å². The topological polar surface area (TPSA) is 63.4 Å². The molecule has 0 N–H and O–H groups in total. The lowest BCUT2D eigenvalue weighted by Gasteiger charge is -2.32. The molecule has 2 aromatic carbocycles. The van der Waals surface area contributed by atoms with Crippen LogP contribution in [0, 0.1) is 0 Å². The smallest absolute Gasteiger partial charge is 0.315 e. The van der Waals surface area contributed by atoms with E-state index in [4.69, 9.17) is 0 Å². The van der Waals surface area contributed by atoms with E-state index in [-0.39, 0.29) is 11.7 Å². The molecule has 0 bridgehead atoms. The molecule has 1 aliphatic heterocycles. The van der Waals surface area contributed by atoms with E-state index in [1.807, 2.05) is 60.7 Å². The van der Waals surface area contributed by atoms with Crippen molar-refractivity contribution in [1.82, 2.24) is 19.2 Å². The standard InChI is InChI=1S/C19H19N5O2/c1-21-18(25)23-13-12-22(14-17(23)20-21)19(26)24(15-8-4-2-5-9-15)16-10-6-3-7-11-16/h2-11H,12-14H2,1H3. The van der Waals surface area contributed by atoms with E-state index in [1.165, 1.54) is 4.68 Å². The van der Waals surface area contributed by atoms with Gasteiger partial charge in [0.25, 0.3) is 0 Å². The van der Waals surface area contributed by atoms with Gasteiger partial charge >= 0.3 is 11.7 Å². The average Bonchev–Trinajstić information content (AvgIpc) is 2.97. The van der Waals surface area contributed by atoms with Gasteiger partial charge < -0.3 is 4.90 Å². The van der Waals surface area contributed by atoms with Crippen LogP contribution in [-0.4, -0.2) is 31.8 Å². The predicted molar refractivity (Wildman–Crippen MR) is 98.3 cm³/mol. The fourth-order valence-electron chi connectivity index (χ4n) is 3.20. The SMILES string of the molecule is Cn1nc2n(c1=O)CCN(C(=O)N(c1ccccc1)c1ccccc1)C2. The summed E-state index contributed by atoms with van der Waals surface area (Å²) >= 11 is 0. The number of nitrogens with zero attached hydrogens (tertiary/aromatic N) is 5. The molecular weight excluding hydrogens is 330 g/mol. The number of benzene rings is 2. The third kappa shape index (κ3) is 2.77. The Kier molecular flexibility index (Phi) is 4.04. The fraction of sp³-hybridized carbons (Fsp3) is 0.211. The second-order valence-electron chi connectivity index (χ2n) is 6.18. The molecule has 0 saturated carbocycles. The molecule has 0 radical (unpaired) electrons. The first-order valence-electron chi connectivity index (χ1n) is 8.47. The minimum atomic E-state index is -0.143. The van der Waals surface area contributed by atoms with Crippen molar-refractivity contribution >= 4 is 17.4 Å². The third-order valence-corrected chi connectivity index (χ3v) is 4.50. The largest absolute Gasteiger partial charge is 0.345 e. The highest BCUT2D eigenvalue weighted by molar-refractivity contribution is 5.99. The second-order valence-corrected chi connectivity index (χ2v) is 6.18. The number of carbonyl (C=O) groups excluding carboxylic acids is 1. The van der Waals surface area contributed by atoms with Crippen LogP contribution in [0.5, 0.6) is 0 Å². The molecule has 0 spiro atoms. The first-order valence-corrected chi connectivity index (χ1v) is 8.47. The summed E-state index contributed by atoms with van der Waals surface area (Å²) in [5.41, 5.74) is 1.45. The summed E-state index contributed by atoms with van der Waals surface area (Å²) in [7, 11) is 1.63. The number of carbonyl (C=O) groups is 1. The van der Waals surface area contributed by atoms with Gasteiger partial charge in [-0.05, 0) is 24.3 Å². The number of hydrogen-bond donors (Lipinski definition) is 0. The van der Waals surface area contributed by atoms with Gasteiger partial charge in [0.15, 0.2) is 5.82 Å². The zero-order chi connectivity index (χ0) is 18.1. The first kappa shape index (κ1) is 16.1. The van der Waals surface area contributed by atoms with Crippen molar-refractivity contribution in [2.75, 3.05) is 11.4 Å². The Hall–Kier alpha value is -3.35. The Morgan fingerprint density at radius 1 is 0.962 bits per heavy atom. The predicted octanol–water partition coefficient (Wildman–Crippen LogP) is 2.36.